The average Bonchev–Trinajstić information content (AvgIpc) is 2.26. The van der Waals surface area contributed by atoms with Crippen LogP contribution in [0.15, 0.2) is 0 Å². The Hall–Kier alpha value is -0.120. The molecule has 4 atom stereocenters. The molecule has 1 saturated carbocycles. The van der Waals surface area contributed by atoms with Crippen LogP contribution in [-0.4, -0.2) is 49.8 Å². The molecule has 0 aromatic heterocycles. The first-order valence-corrected chi connectivity index (χ1v) is 7.97. The van der Waals surface area contributed by atoms with Crippen LogP contribution in [0.3, 0.4) is 0 Å². The second-order valence-electron chi connectivity index (χ2n) is 7.38. The summed E-state index contributed by atoms with van der Waals surface area (Å²) in [6, 6.07) is 0.648. The van der Waals surface area contributed by atoms with Crippen molar-refractivity contribution in [3.63, 3.8) is 0 Å². The number of rotatable bonds is 3. The van der Waals surface area contributed by atoms with Gasteiger partial charge in [0.25, 0.3) is 0 Å². The van der Waals surface area contributed by atoms with Gasteiger partial charge in [0.2, 0.25) is 0 Å². The standard InChI is InChI=1S/C16H32N2O/c1-12-9-18(10-13(2)19-12)11-14-7-6-8-16(3,4)15(14)17-5/h12-15,17H,6-11H2,1-5H3. The normalized spacial score (nSPS) is 40.3. The summed E-state index contributed by atoms with van der Waals surface area (Å²) < 4.78 is 5.84. The molecule has 0 bridgehead atoms. The van der Waals surface area contributed by atoms with E-state index in [9.17, 15) is 0 Å². The van der Waals surface area contributed by atoms with Crippen molar-refractivity contribution in [3.8, 4) is 0 Å². The van der Waals surface area contributed by atoms with Crippen molar-refractivity contribution in [2.45, 2.75) is 65.2 Å². The molecule has 1 aliphatic heterocycles. The van der Waals surface area contributed by atoms with Gasteiger partial charge in [-0.05, 0) is 45.1 Å². The number of nitrogens with one attached hydrogen (secondary N) is 1. The van der Waals surface area contributed by atoms with Crippen LogP contribution in [0.1, 0.15) is 47.0 Å². The third-order valence-corrected chi connectivity index (χ3v) is 5.01. The van der Waals surface area contributed by atoms with E-state index in [-0.39, 0.29) is 0 Å². The van der Waals surface area contributed by atoms with Gasteiger partial charge in [-0.2, -0.15) is 0 Å². The zero-order valence-corrected chi connectivity index (χ0v) is 13.4. The quantitative estimate of drug-likeness (QED) is 0.851. The Morgan fingerprint density at radius 1 is 1.21 bits per heavy atom. The number of nitrogens with zero attached hydrogens (tertiary/aromatic N) is 1. The largest absolute Gasteiger partial charge is 0.373 e. The topological polar surface area (TPSA) is 24.5 Å². The molecule has 0 spiro atoms. The SMILES string of the molecule is CNC1C(CN2CC(C)OC(C)C2)CCCC1(C)C. The molecule has 19 heavy (non-hydrogen) atoms. The lowest BCUT2D eigenvalue weighted by Gasteiger charge is -2.46. The van der Waals surface area contributed by atoms with Crippen LogP contribution >= 0.6 is 0 Å². The van der Waals surface area contributed by atoms with E-state index in [1.54, 1.807) is 0 Å². The Morgan fingerprint density at radius 2 is 1.84 bits per heavy atom. The van der Waals surface area contributed by atoms with Crippen molar-refractivity contribution in [2.75, 3.05) is 26.7 Å². The van der Waals surface area contributed by atoms with Gasteiger partial charge in [-0.15, -0.1) is 0 Å². The van der Waals surface area contributed by atoms with Crippen LogP contribution in [-0.2, 0) is 4.74 Å². The van der Waals surface area contributed by atoms with Crippen molar-refractivity contribution in [1.29, 1.82) is 0 Å². The molecule has 0 aromatic rings. The lowest BCUT2D eigenvalue weighted by atomic mass is 9.68. The van der Waals surface area contributed by atoms with Crippen LogP contribution in [0.25, 0.3) is 0 Å². The lowest BCUT2D eigenvalue weighted by Crippen LogP contribution is -2.54. The van der Waals surface area contributed by atoms with E-state index in [2.05, 4.69) is 45.0 Å². The van der Waals surface area contributed by atoms with Gasteiger partial charge in [0.05, 0.1) is 12.2 Å². The Labute approximate surface area is 119 Å². The Balaban J connectivity index is 1.97. The van der Waals surface area contributed by atoms with Gasteiger partial charge >= 0.3 is 0 Å². The molecule has 3 nitrogen and oxygen atoms in total. The molecule has 1 heterocycles. The first-order valence-electron chi connectivity index (χ1n) is 7.97. The Bertz CT molecular complexity index is 282. The molecular formula is C16H32N2O. The molecular weight excluding hydrogens is 236 g/mol. The maximum absolute atomic E-state index is 5.84. The van der Waals surface area contributed by atoms with E-state index in [0.29, 0.717) is 23.7 Å². The first kappa shape index (κ1) is 15.3. The van der Waals surface area contributed by atoms with Gasteiger partial charge < -0.3 is 10.1 Å². The molecule has 0 aromatic carbocycles. The molecule has 1 aliphatic carbocycles. The summed E-state index contributed by atoms with van der Waals surface area (Å²) in [6.45, 7) is 12.7. The van der Waals surface area contributed by atoms with Crippen LogP contribution in [0.4, 0.5) is 0 Å². The highest BCUT2D eigenvalue weighted by Gasteiger charge is 2.39. The number of morpholine rings is 1. The summed E-state index contributed by atoms with van der Waals surface area (Å²) in [5.41, 5.74) is 0.432. The molecule has 2 aliphatic rings. The summed E-state index contributed by atoms with van der Waals surface area (Å²) in [4.78, 5) is 2.62. The van der Waals surface area contributed by atoms with E-state index >= 15 is 0 Å². The third-order valence-electron chi connectivity index (χ3n) is 5.01. The smallest absolute Gasteiger partial charge is 0.0678 e. The summed E-state index contributed by atoms with van der Waals surface area (Å²) >= 11 is 0. The average molecular weight is 268 g/mol. The molecule has 3 heteroatoms. The predicted molar refractivity (Wildman–Crippen MR) is 80.4 cm³/mol. The minimum Gasteiger partial charge on any atom is -0.373 e. The fourth-order valence-electron chi connectivity index (χ4n) is 4.37. The molecule has 4 unspecified atom stereocenters. The summed E-state index contributed by atoms with van der Waals surface area (Å²) in [5, 5.41) is 3.60. The van der Waals surface area contributed by atoms with Crippen molar-refractivity contribution in [2.24, 2.45) is 11.3 Å². The zero-order valence-electron chi connectivity index (χ0n) is 13.4. The van der Waals surface area contributed by atoms with Gasteiger partial charge in [-0.25, -0.2) is 0 Å². The molecule has 1 N–H and O–H groups in total. The lowest BCUT2D eigenvalue weighted by molar-refractivity contribution is -0.0760. The molecule has 112 valence electrons. The van der Waals surface area contributed by atoms with Gasteiger partial charge in [-0.3, -0.25) is 4.90 Å². The van der Waals surface area contributed by atoms with Gasteiger partial charge in [0.1, 0.15) is 0 Å². The highest BCUT2D eigenvalue weighted by atomic mass is 16.5. The molecule has 2 rings (SSSR count). The minimum atomic E-state index is 0.383. The van der Waals surface area contributed by atoms with Gasteiger partial charge in [-0.1, -0.05) is 20.3 Å². The molecule has 1 saturated heterocycles. The number of hydrogen-bond acceptors (Lipinski definition) is 3. The fraction of sp³-hybridized carbons (Fsp3) is 1.00. The summed E-state index contributed by atoms with van der Waals surface area (Å²) in [5.74, 6) is 0.784. The fourth-order valence-corrected chi connectivity index (χ4v) is 4.37. The third kappa shape index (κ3) is 3.71. The Kier molecular flexibility index (Phi) is 4.91. The van der Waals surface area contributed by atoms with E-state index in [1.807, 2.05) is 0 Å². The number of ether oxygens (including phenoxy) is 1. The second-order valence-corrected chi connectivity index (χ2v) is 7.38. The van der Waals surface area contributed by atoms with Crippen LogP contribution in [0, 0.1) is 11.3 Å². The monoisotopic (exact) mass is 268 g/mol. The molecule has 0 amide bonds. The second kappa shape index (κ2) is 6.11. The molecule has 2 fully saturated rings. The van der Waals surface area contributed by atoms with Gasteiger partial charge in [0.15, 0.2) is 0 Å². The van der Waals surface area contributed by atoms with Crippen molar-refractivity contribution in [1.82, 2.24) is 10.2 Å². The zero-order chi connectivity index (χ0) is 14.0. The summed E-state index contributed by atoms with van der Waals surface area (Å²) in [7, 11) is 2.13. The van der Waals surface area contributed by atoms with Crippen LogP contribution in [0.2, 0.25) is 0 Å². The Morgan fingerprint density at radius 3 is 2.42 bits per heavy atom. The first-order chi connectivity index (χ1) is 8.92. The maximum atomic E-state index is 5.84. The van der Waals surface area contributed by atoms with E-state index in [0.717, 1.165) is 19.0 Å². The van der Waals surface area contributed by atoms with Crippen molar-refractivity contribution >= 4 is 0 Å². The number of hydrogen-bond donors (Lipinski definition) is 1. The highest BCUT2D eigenvalue weighted by Crippen LogP contribution is 2.39. The summed E-state index contributed by atoms with van der Waals surface area (Å²) in [6.07, 6.45) is 4.87. The van der Waals surface area contributed by atoms with E-state index in [1.165, 1.54) is 25.8 Å². The predicted octanol–water partition coefficient (Wildman–Crippen LogP) is 2.51. The minimum absolute atomic E-state index is 0.383. The van der Waals surface area contributed by atoms with Gasteiger partial charge in [0, 0.05) is 25.7 Å². The van der Waals surface area contributed by atoms with E-state index in [4.69, 9.17) is 4.74 Å². The van der Waals surface area contributed by atoms with Crippen molar-refractivity contribution < 1.29 is 4.74 Å². The maximum Gasteiger partial charge on any atom is 0.0678 e. The van der Waals surface area contributed by atoms with Crippen LogP contribution in [0.5, 0.6) is 0 Å². The van der Waals surface area contributed by atoms with E-state index < -0.39 is 0 Å². The van der Waals surface area contributed by atoms with Crippen LogP contribution < -0.4 is 5.32 Å². The molecule has 0 radical (unpaired) electrons. The van der Waals surface area contributed by atoms with Crippen molar-refractivity contribution in [3.05, 3.63) is 0 Å². The highest BCUT2D eigenvalue weighted by molar-refractivity contribution is 4.94.